The van der Waals surface area contributed by atoms with Crippen LogP contribution < -0.4 is 10.6 Å². The third-order valence-corrected chi connectivity index (χ3v) is 9.82. The van der Waals surface area contributed by atoms with Crippen molar-refractivity contribution in [1.29, 1.82) is 0 Å². The topological polar surface area (TPSA) is 134 Å². The van der Waals surface area contributed by atoms with Crippen LogP contribution in [0, 0.1) is 0 Å². The Hall–Kier alpha value is -4.48. The molecule has 1 saturated heterocycles. The number of carboxylic acids is 1. The number of nitrogens with one attached hydrogen (secondary N) is 2. The summed E-state index contributed by atoms with van der Waals surface area (Å²) < 4.78 is 13.2. The highest BCUT2D eigenvalue weighted by atomic mass is 32.2. The molecule has 0 spiro atoms. The summed E-state index contributed by atoms with van der Waals surface area (Å²) in [7, 11) is 0. The van der Waals surface area contributed by atoms with Crippen molar-refractivity contribution >= 4 is 35.2 Å². The highest BCUT2D eigenvalue weighted by molar-refractivity contribution is 7.99. The summed E-state index contributed by atoms with van der Waals surface area (Å²) in [5, 5.41) is 24.1. The van der Waals surface area contributed by atoms with Crippen LogP contribution in [0.5, 0.6) is 0 Å². The molecule has 3 atom stereocenters. The van der Waals surface area contributed by atoms with Gasteiger partial charge in [-0.1, -0.05) is 73.5 Å². The first-order valence-corrected chi connectivity index (χ1v) is 18.4. The van der Waals surface area contributed by atoms with Gasteiger partial charge < -0.3 is 30.3 Å². The molecule has 268 valence electrons. The van der Waals surface area contributed by atoms with Crippen molar-refractivity contribution in [1.82, 2.24) is 5.32 Å². The zero-order valence-electron chi connectivity index (χ0n) is 28.9. The Kier molecular flexibility index (Phi) is 14.2. The Bertz CT molecular complexity index is 1750. The average Bonchev–Trinajstić information content (AvgIpc) is 3.15. The summed E-state index contributed by atoms with van der Waals surface area (Å²) in [6.07, 6.45) is 3.39. The van der Waals surface area contributed by atoms with E-state index in [1.165, 1.54) is 6.92 Å². The van der Waals surface area contributed by atoms with Gasteiger partial charge in [0.15, 0.2) is 6.29 Å². The lowest BCUT2D eigenvalue weighted by atomic mass is 9.99. The quantitative estimate of drug-likeness (QED) is 0.0637. The second-order valence-corrected chi connectivity index (χ2v) is 13.9. The van der Waals surface area contributed by atoms with Crippen LogP contribution in [0.25, 0.3) is 11.1 Å². The molecular weight excluding hydrogens is 665 g/mol. The molecule has 4 aromatic rings. The molecule has 5 rings (SSSR count). The van der Waals surface area contributed by atoms with E-state index < -0.39 is 12.3 Å². The second-order valence-electron chi connectivity index (χ2n) is 12.8. The number of amides is 2. The van der Waals surface area contributed by atoms with Gasteiger partial charge in [0.2, 0.25) is 11.8 Å². The standard InChI is InChI=1S/C41H46N2O7S/c1-28(45)43-35-18-20-37(21-19-35)51-27-36-24-38(31-16-14-29(26-44)15-17-31)50-41(49-36)34-11-7-10-33(23-34)32-9-6-8-30(22-32)25-42-39(46)12-4-2-3-5-13-40(47)48/h6-11,14-23,36,38,41,44H,2-5,12-13,24-27H2,1H3,(H,42,46)(H,43,45)(H,47,48)/t36-,38+,41+/m1/s1. The van der Waals surface area contributed by atoms with E-state index in [4.69, 9.17) is 14.6 Å². The van der Waals surface area contributed by atoms with Gasteiger partial charge in [-0.3, -0.25) is 14.4 Å². The first-order chi connectivity index (χ1) is 24.7. The number of thioether (sulfide) groups is 1. The van der Waals surface area contributed by atoms with Crippen LogP contribution in [0.15, 0.2) is 102 Å². The van der Waals surface area contributed by atoms with Crippen LogP contribution >= 0.6 is 11.8 Å². The minimum absolute atomic E-state index is 0.0116. The van der Waals surface area contributed by atoms with Crippen LogP contribution in [0.1, 0.15) is 86.5 Å². The van der Waals surface area contributed by atoms with Gasteiger partial charge >= 0.3 is 5.97 Å². The fourth-order valence-corrected chi connectivity index (χ4v) is 6.90. The van der Waals surface area contributed by atoms with Crippen molar-refractivity contribution < 1.29 is 34.1 Å². The summed E-state index contributed by atoms with van der Waals surface area (Å²) >= 11 is 1.70. The normalized spacial score (nSPS) is 17.1. The van der Waals surface area contributed by atoms with Crippen molar-refractivity contribution in [3.63, 3.8) is 0 Å². The van der Waals surface area contributed by atoms with Gasteiger partial charge in [-0.05, 0) is 77.1 Å². The van der Waals surface area contributed by atoms with E-state index in [0.29, 0.717) is 31.6 Å². The molecule has 0 radical (unpaired) electrons. The molecule has 10 heteroatoms. The Morgan fingerprint density at radius 3 is 2.20 bits per heavy atom. The molecule has 1 heterocycles. The lowest BCUT2D eigenvalue weighted by Crippen LogP contribution is -2.31. The van der Waals surface area contributed by atoms with Gasteiger partial charge in [0, 0.05) is 54.6 Å². The SMILES string of the molecule is CC(=O)Nc1ccc(SC[C@H]2C[C@@H](c3ccc(CO)cc3)O[C@@H](c3cccc(-c4cccc(CNC(=O)CCCCCCC(=O)O)c4)c3)O2)cc1. The lowest BCUT2D eigenvalue weighted by molar-refractivity contribution is -0.245. The molecule has 1 aliphatic heterocycles. The number of carboxylic acid groups (broad SMARTS) is 1. The molecule has 0 saturated carbocycles. The van der Waals surface area contributed by atoms with Gasteiger partial charge in [0.05, 0.1) is 18.8 Å². The average molecular weight is 711 g/mol. The molecule has 0 bridgehead atoms. The van der Waals surface area contributed by atoms with Crippen LogP contribution in [0.3, 0.4) is 0 Å². The number of rotatable bonds is 17. The van der Waals surface area contributed by atoms with Gasteiger partial charge in [0.1, 0.15) is 0 Å². The van der Waals surface area contributed by atoms with E-state index in [9.17, 15) is 19.5 Å². The molecule has 1 aliphatic rings. The molecule has 4 N–H and O–H groups in total. The maximum absolute atomic E-state index is 12.4. The third-order valence-electron chi connectivity index (χ3n) is 8.68. The Balaban J connectivity index is 1.24. The zero-order valence-corrected chi connectivity index (χ0v) is 29.7. The number of benzene rings is 4. The smallest absolute Gasteiger partial charge is 0.303 e. The molecule has 0 unspecified atom stereocenters. The van der Waals surface area contributed by atoms with Crippen molar-refractivity contribution in [2.24, 2.45) is 0 Å². The fourth-order valence-electron chi connectivity index (χ4n) is 5.98. The Morgan fingerprint density at radius 1 is 0.784 bits per heavy atom. The number of aliphatic carboxylic acids is 1. The van der Waals surface area contributed by atoms with E-state index in [2.05, 4.69) is 28.8 Å². The first kappa shape index (κ1) is 37.8. The van der Waals surface area contributed by atoms with Crippen LogP contribution in [-0.4, -0.2) is 39.9 Å². The summed E-state index contributed by atoms with van der Waals surface area (Å²) in [5.74, 6) is -0.187. The fraction of sp³-hybridized carbons (Fsp3) is 0.341. The minimum Gasteiger partial charge on any atom is -0.481 e. The monoisotopic (exact) mass is 710 g/mol. The van der Waals surface area contributed by atoms with Crippen LogP contribution in [0.4, 0.5) is 5.69 Å². The van der Waals surface area contributed by atoms with Crippen molar-refractivity contribution in [3.8, 4) is 11.1 Å². The number of aliphatic hydroxyl groups is 1. The highest BCUT2D eigenvalue weighted by Crippen LogP contribution is 2.40. The van der Waals surface area contributed by atoms with Gasteiger partial charge in [-0.15, -0.1) is 11.8 Å². The number of unbranched alkanes of at least 4 members (excludes halogenated alkanes) is 3. The molecule has 2 amide bonds. The van der Waals surface area contributed by atoms with Crippen LogP contribution in [0.2, 0.25) is 0 Å². The predicted molar refractivity (Wildman–Crippen MR) is 199 cm³/mol. The number of anilines is 1. The lowest BCUT2D eigenvalue weighted by Gasteiger charge is -2.36. The van der Waals surface area contributed by atoms with E-state index in [1.54, 1.807) is 11.8 Å². The van der Waals surface area contributed by atoms with E-state index in [1.807, 2.05) is 78.9 Å². The zero-order chi connectivity index (χ0) is 36.0. The Labute approximate surface area is 303 Å². The molecule has 0 aliphatic carbocycles. The predicted octanol–water partition coefficient (Wildman–Crippen LogP) is 8.18. The number of ether oxygens (including phenoxy) is 2. The molecule has 0 aromatic heterocycles. The summed E-state index contributed by atoms with van der Waals surface area (Å²) in [6, 6.07) is 31.9. The number of hydrogen-bond donors (Lipinski definition) is 4. The van der Waals surface area contributed by atoms with Gasteiger partial charge in [0.25, 0.3) is 0 Å². The van der Waals surface area contributed by atoms with Crippen molar-refractivity contribution in [3.05, 3.63) is 119 Å². The molecule has 4 aromatic carbocycles. The van der Waals surface area contributed by atoms with Gasteiger partial charge in [-0.2, -0.15) is 0 Å². The first-order valence-electron chi connectivity index (χ1n) is 17.4. The molecule has 1 fully saturated rings. The van der Waals surface area contributed by atoms with E-state index in [-0.39, 0.29) is 37.0 Å². The third kappa shape index (κ3) is 12.1. The van der Waals surface area contributed by atoms with Crippen molar-refractivity contribution in [2.75, 3.05) is 11.1 Å². The Morgan fingerprint density at radius 2 is 1.49 bits per heavy atom. The molecule has 9 nitrogen and oxygen atoms in total. The van der Waals surface area contributed by atoms with Crippen molar-refractivity contribution in [2.45, 2.75) is 88.4 Å². The highest BCUT2D eigenvalue weighted by Gasteiger charge is 2.32. The summed E-state index contributed by atoms with van der Waals surface area (Å²) in [5.41, 5.74) is 6.55. The largest absolute Gasteiger partial charge is 0.481 e. The maximum atomic E-state index is 12.4. The van der Waals surface area contributed by atoms with Crippen LogP contribution in [-0.2, 0) is 37.0 Å². The summed E-state index contributed by atoms with van der Waals surface area (Å²) in [6.45, 7) is 1.90. The van der Waals surface area contributed by atoms with E-state index >= 15 is 0 Å². The second kappa shape index (κ2) is 19.2. The molecule has 51 heavy (non-hydrogen) atoms. The van der Waals surface area contributed by atoms with E-state index in [0.717, 1.165) is 63.2 Å². The number of hydrogen-bond acceptors (Lipinski definition) is 7. The van der Waals surface area contributed by atoms with Gasteiger partial charge in [-0.25, -0.2) is 0 Å². The molecular formula is C41H46N2O7S. The maximum Gasteiger partial charge on any atom is 0.303 e. The number of carbonyl (C=O) groups excluding carboxylic acids is 2. The minimum atomic E-state index is -0.781. The number of aliphatic hydroxyl groups excluding tert-OH is 1. The summed E-state index contributed by atoms with van der Waals surface area (Å²) in [4.78, 5) is 35.6. The number of carbonyl (C=O) groups is 3.